The average Bonchev–Trinajstić information content (AvgIpc) is 3.22. The first-order valence-corrected chi connectivity index (χ1v) is 12.1. The van der Waals surface area contributed by atoms with Crippen molar-refractivity contribution < 1.29 is 14.3 Å². The minimum absolute atomic E-state index is 0.0846. The lowest BCUT2D eigenvalue weighted by atomic mass is 10.0. The number of aromatic nitrogens is 1. The molecule has 1 amide bonds. The van der Waals surface area contributed by atoms with Crippen molar-refractivity contribution >= 4 is 23.1 Å². The van der Waals surface area contributed by atoms with Crippen LogP contribution in [0, 0.1) is 5.92 Å². The Morgan fingerprint density at radius 2 is 1.94 bits per heavy atom. The molecule has 3 aliphatic heterocycles. The van der Waals surface area contributed by atoms with Gasteiger partial charge in [-0.2, -0.15) is 0 Å². The Morgan fingerprint density at radius 1 is 1.18 bits per heavy atom. The molecule has 180 valence electrons. The van der Waals surface area contributed by atoms with Gasteiger partial charge in [-0.15, -0.1) is 0 Å². The van der Waals surface area contributed by atoms with Gasteiger partial charge in [0, 0.05) is 19.6 Å². The van der Waals surface area contributed by atoms with Crippen LogP contribution in [0.3, 0.4) is 0 Å². The van der Waals surface area contributed by atoms with E-state index in [1.807, 2.05) is 35.4 Å². The van der Waals surface area contributed by atoms with Crippen LogP contribution in [0.1, 0.15) is 31.5 Å². The molecule has 4 heterocycles. The highest BCUT2D eigenvalue weighted by molar-refractivity contribution is 6.14. The number of ether oxygens (including phenoxy) is 2. The molecular weight excluding hydrogens is 430 g/mol. The van der Waals surface area contributed by atoms with Crippen molar-refractivity contribution in [2.24, 2.45) is 10.9 Å². The number of fused-ring (bicyclic) bond motifs is 3. The van der Waals surface area contributed by atoms with Crippen LogP contribution in [0.2, 0.25) is 0 Å². The van der Waals surface area contributed by atoms with Crippen molar-refractivity contribution in [2.75, 3.05) is 56.3 Å². The lowest BCUT2D eigenvalue weighted by Crippen LogP contribution is -2.45. The number of morpholine rings is 1. The van der Waals surface area contributed by atoms with Gasteiger partial charge in [0.1, 0.15) is 11.4 Å². The van der Waals surface area contributed by atoms with Gasteiger partial charge in [-0.05, 0) is 36.1 Å². The third-order valence-electron chi connectivity index (χ3n) is 6.70. The second kappa shape index (κ2) is 9.62. The summed E-state index contributed by atoms with van der Waals surface area (Å²) in [6.07, 6.45) is 2.85. The normalized spacial score (nSPS) is 20.2. The molecular formula is C26H33N5O3. The van der Waals surface area contributed by atoms with Crippen LogP contribution in [0.5, 0.6) is 5.75 Å². The topological polar surface area (TPSA) is 70.5 Å². The summed E-state index contributed by atoms with van der Waals surface area (Å²) in [4.78, 5) is 29.7. The Morgan fingerprint density at radius 3 is 2.65 bits per heavy atom. The van der Waals surface area contributed by atoms with E-state index in [-0.39, 0.29) is 11.9 Å². The van der Waals surface area contributed by atoms with Crippen LogP contribution in [0.4, 0.5) is 11.4 Å². The van der Waals surface area contributed by atoms with E-state index in [1.165, 1.54) is 0 Å². The fraction of sp³-hybridized carbons (Fsp3) is 0.500. The lowest BCUT2D eigenvalue weighted by molar-refractivity contribution is -0.127. The van der Waals surface area contributed by atoms with E-state index < -0.39 is 0 Å². The van der Waals surface area contributed by atoms with E-state index in [2.05, 4.69) is 29.7 Å². The first kappa shape index (κ1) is 22.7. The third kappa shape index (κ3) is 4.46. The van der Waals surface area contributed by atoms with Crippen molar-refractivity contribution in [3.8, 4) is 5.75 Å². The van der Waals surface area contributed by atoms with Gasteiger partial charge >= 0.3 is 0 Å². The molecule has 0 spiro atoms. The predicted molar refractivity (Wildman–Crippen MR) is 133 cm³/mol. The first-order valence-electron chi connectivity index (χ1n) is 12.1. The molecule has 0 radical (unpaired) electrons. The van der Waals surface area contributed by atoms with Gasteiger partial charge in [0.2, 0.25) is 5.91 Å². The van der Waals surface area contributed by atoms with Gasteiger partial charge < -0.3 is 19.3 Å². The summed E-state index contributed by atoms with van der Waals surface area (Å²) in [5.74, 6) is 2.11. The number of nitrogens with zero attached hydrogens (tertiary/aromatic N) is 5. The van der Waals surface area contributed by atoms with Crippen LogP contribution in [-0.4, -0.2) is 74.2 Å². The Kier molecular flexibility index (Phi) is 6.41. The third-order valence-corrected chi connectivity index (χ3v) is 6.70. The Balaban J connectivity index is 1.53. The fourth-order valence-electron chi connectivity index (χ4n) is 5.02. The van der Waals surface area contributed by atoms with Crippen molar-refractivity contribution in [3.05, 3.63) is 47.8 Å². The summed E-state index contributed by atoms with van der Waals surface area (Å²) in [7, 11) is 1.67. The zero-order valence-corrected chi connectivity index (χ0v) is 20.2. The van der Waals surface area contributed by atoms with Gasteiger partial charge in [0.05, 0.1) is 57.0 Å². The van der Waals surface area contributed by atoms with Gasteiger partial charge in [-0.1, -0.05) is 26.0 Å². The highest BCUT2D eigenvalue weighted by Crippen LogP contribution is 2.34. The molecule has 34 heavy (non-hydrogen) atoms. The number of rotatable bonds is 6. The molecule has 1 saturated heterocycles. The number of benzene rings is 1. The molecule has 8 nitrogen and oxygen atoms in total. The smallest absolute Gasteiger partial charge is 0.248 e. The van der Waals surface area contributed by atoms with Crippen LogP contribution in [0.15, 0.2) is 41.5 Å². The summed E-state index contributed by atoms with van der Waals surface area (Å²) in [6.45, 7) is 9.01. The summed E-state index contributed by atoms with van der Waals surface area (Å²) < 4.78 is 10.8. The van der Waals surface area contributed by atoms with Crippen molar-refractivity contribution in [1.29, 1.82) is 0 Å². The van der Waals surface area contributed by atoms with Crippen molar-refractivity contribution in [1.82, 2.24) is 9.88 Å². The Bertz CT molecular complexity index is 1060. The Labute approximate surface area is 201 Å². The van der Waals surface area contributed by atoms with Crippen LogP contribution >= 0.6 is 0 Å². The van der Waals surface area contributed by atoms with Crippen LogP contribution in [0.25, 0.3) is 0 Å². The molecule has 1 unspecified atom stereocenters. The Hall–Kier alpha value is -3.13. The summed E-state index contributed by atoms with van der Waals surface area (Å²) in [5, 5.41) is 0. The van der Waals surface area contributed by atoms with Crippen molar-refractivity contribution in [3.63, 3.8) is 0 Å². The number of anilines is 2. The molecule has 2 aromatic rings. The molecule has 1 atom stereocenters. The number of methoxy groups -OCH3 is 1. The van der Waals surface area contributed by atoms with Gasteiger partial charge in [0.25, 0.3) is 0 Å². The van der Waals surface area contributed by atoms with Gasteiger partial charge in [-0.3, -0.25) is 14.7 Å². The molecule has 0 bridgehead atoms. The van der Waals surface area contributed by atoms with Crippen molar-refractivity contribution in [2.45, 2.75) is 32.9 Å². The molecule has 1 aromatic heterocycles. The molecule has 8 heteroatoms. The maximum absolute atomic E-state index is 13.6. The van der Waals surface area contributed by atoms with E-state index in [1.54, 1.807) is 7.11 Å². The second-order valence-corrected chi connectivity index (χ2v) is 9.58. The predicted octanol–water partition coefficient (Wildman–Crippen LogP) is 2.95. The number of hydrogen-bond donors (Lipinski definition) is 0. The maximum atomic E-state index is 13.6. The number of carbonyl (C=O) groups is 1. The summed E-state index contributed by atoms with van der Waals surface area (Å²) in [6, 6.07) is 10.3. The molecule has 0 N–H and O–H groups in total. The molecule has 1 fully saturated rings. The van der Waals surface area contributed by atoms with E-state index in [9.17, 15) is 4.79 Å². The average molecular weight is 464 g/mol. The monoisotopic (exact) mass is 463 g/mol. The molecule has 5 rings (SSSR count). The molecule has 0 saturated carbocycles. The minimum atomic E-state index is 0.0846. The molecule has 0 aliphatic carbocycles. The maximum Gasteiger partial charge on any atom is 0.248 e. The lowest BCUT2D eigenvalue weighted by Gasteiger charge is -2.30. The number of hydrogen-bond acceptors (Lipinski definition) is 7. The van der Waals surface area contributed by atoms with Crippen LogP contribution < -0.4 is 14.5 Å². The first-order chi connectivity index (χ1) is 16.5. The zero-order chi connectivity index (χ0) is 23.7. The van der Waals surface area contributed by atoms with Gasteiger partial charge in [-0.25, -0.2) is 4.98 Å². The highest BCUT2D eigenvalue weighted by Gasteiger charge is 2.39. The van der Waals surface area contributed by atoms with E-state index in [0.29, 0.717) is 38.8 Å². The number of amides is 1. The standard InChI is InChI=1S/C26H33N5O3/c1-18(2)12-21-15-28-26-25-23(13-20(14-27-25)29-8-10-34-11-9-29)30(17-24(32)31(21)26)16-19-4-6-22(33-3)7-5-19/h4-7,13-14,18,21H,8-12,15-17H2,1-3H3. The van der Waals surface area contributed by atoms with E-state index in [0.717, 1.165) is 53.7 Å². The SMILES string of the molecule is COc1ccc(CN2CC(=O)N3C(=NCC3CC(C)C)c3ncc(N4CCOCC4)cc32)cc1. The van der Waals surface area contributed by atoms with E-state index >= 15 is 0 Å². The zero-order valence-electron chi connectivity index (χ0n) is 20.2. The largest absolute Gasteiger partial charge is 0.497 e. The number of pyridine rings is 1. The number of amidine groups is 1. The number of carbonyl (C=O) groups excluding carboxylic acids is 1. The number of aliphatic imine (C=N–C) groups is 1. The fourth-order valence-corrected chi connectivity index (χ4v) is 5.02. The molecule has 3 aliphatic rings. The highest BCUT2D eigenvalue weighted by atomic mass is 16.5. The summed E-state index contributed by atoms with van der Waals surface area (Å²) in [5.41, 5.74) is 3.92. The minimum Gasteiger partial charge on any atom is -0.497 e. The van der Waals surface area contributed by atoms with Crippen LogP contribution in [-0.2, 0) is 16.1 Å². The second-order valence-electron chi connectivity index (χ2n) is 9.58. The quantitative estimate of drug-likeness (QED) is 0.656. The molecule has 1 aromatic carbocycles. The van der Waals surface area contributed by atoms with Gasteiger partial charge in [0.15, 0.2) is 5.84 Å². The van der Waals surface area contributed by atoms with E-state index in [4.69, 9.17) is 19.5 Å². The summed E-state index contributed by atoms with van der Waals surface area (Å²) >= 11 is 0.